The molecular formula is C17H24N8. The van der Waals surface area contributed by atoms with Crippen LogP contribution in [0, 0.1) is 19.8 Å². The Hall–Kier alpha value is -2.51. The number of aryl methyl sites for hydroxylation is 5. The van der Waals surface area contributed by atoms with Crippen molar-refractivity contribution in [3.05, 3.63) is 29.2 Å². The number of hydrogen-bond donors (Lipinski definition) is 0. The van der Waals surface area contributed by atoms with Crippen molar-refractivity contribution in [2.45, 2.75) is 39.5 Å². The average molecular weight is 340 g/mol. The normalized spacial score (nSPS) is 14.4. The molecule has 3 heterocycles. The van der Waals surface area contributed by atoms with Gasteiger partial charge in [-0.25, -0.2) is 9.50 Å². The lowest BCUT2D eigenvalue weighted by atomic mass is 10.3. The highest BCUT2D eigenvalue weighted by Crippen LogP contribution is 2.30. The second kappa shape index (κ2) is 6.09. The number of fused-ring (bicyclic) bond motifs is 1. The minimum atomic E-state index is 0.735. The number of anilines is 1. The van der Waals surface area contributed by atoms with Gasteiger partial charge in [-0.15, -0.1) is 5.10 Å². The first-order valence-electron chi connectivity index (χ1n) is 8.80. The van der Waals surface area contributed by atoms with Crippen molar-refractivity contribution in [2.24, 2.45) is 13.0 Å². The van der Waals surface area contributed by atoms with E-state index in [1.165, 1.54) is 12.8 Å². The van der Waals surface area contributed by atoms with E-state index in [2.05, 4.69) is 32.1 Å². The third kappa shape index (κ3) is 3.20. The van der Waals surface area contributed by atoms with Crippen LogP contribution >= 0.6 is 0 Å². The van der Waals surface area contributed by atoms with E-state index in [0.717, 1.165) is 59.9 Å². The summed E-state index contributed by atoms with van der Waals surface area (Å²) in [6.45, 7) is 4.99. The van der Waals surface area contributed by atoms with Crippen molar-refractivity contribution in [3.63, 3.8) is 0 Å². The summed E-state index contributed by atoms with van der Waals surface area (Å²) >= 11 is 0. The molecule has 8 nitrogen and oxygen atoms in total. The summed E-state index contributed by atoms with van der Waals surface area (Å²) in [5, 5.41) is 9.16. The fourth-order valence-electron chi connectivity index (χ4n) is 3.02. The van der Waals surface area contributed by atoms with Crippen LogP contribution in [0.1, 0.15) is 35.9 Å². The molecule has 0 bridgehead atoms. The molecule has 0 saturated heterocycles. The first kappa shape index (κ1) is 16.0. The van der Waals surface area contributed by atoms with Gasteiger partial charge in [0.1, 0.15) is 5.82 Å². The van der Waals surface area contributed by atoms with Crippen molar-refractivity contribution >= 4 is 11.6 Å². The monoisotopic (exact) mass is 340 g/mol. The highest BCUT2D eigenvalue weighted by Gasteiger charge is 2.24. The highest BCUT2D eigenvalue weighted by molar-refractivity contribution is 5.43. The molecule has 3 aromatic rings. The molecule has 1 aliphatic carbocycles. The summed E-state index contributed by atoms with van der Waals surface area (Å²) in [5.41, 5.74) is 2.71. The standard InChI is InChI=1S/C17H24N8/c1-11-9-18-12(2)16-19-14(21-25(11)16)7-8-15-20-17(22-24(15)4)23(3)10-13-5-6-13/h9,13H,5-8,10H2,1-4H3. The van der Waals surface area contributed by atoms with Crippen molar-refractivity contribution in [1.29, 1.82) is 0 Å². The van der Waals surface area contributed by atoms with E-state index < -0.39 is 0 Å². The van der Waals surface area contributed by atoms with Crippen molar-refractivity contribution < 1.29 is 0 Å². The first-order chi connectivity index (χ1) is 12.0. The van der Waals surface area contributed by atoms with Gasteiger partial charge in [0.05, 0.1) is 11.4 Å². The van der Waals surface area contributed by atoms with Gasteiger partial charge in [-0.2, -0.15) is 10.1 Å². The second-order valence-electron chi connectivity index (χ2n) is 7.02. The molecule has 0 spiro atoms. The zero-order chi connectivity index (χ0) is 17.6. The van der Waals surface area contributed by atoms with Gasteiger partial charge in [0, 0.05) is 39.7 Å². The summed E-state index contributed by atoms with van der Waals surface area (Å²) in [6, 6.07) is 0. The zero-order valence-electron chi connectivity index (χ0n) is 15.3. The summed E-state index contributed by atoms with van der Waals surface area (Å²) in [4.78, 5) is 15.8. The Morgan fingerprint density at radius 1 is 1.16 bits per heavy atom. The lowest BCUT2D eigenvalue weighted by Gasteiger charge is -2.13. The number of hydrogen-bond acceptors (Lipinski definition) is 6. The first-order valence-corrected chi connectivity index (χ1v) is 8.80. The van der Waals surface area contributed by atoms with Crippen LogP contribution in [-0.2, 0) is 19.9 Å². The van der Waals surface area contributed by atoms with E-state index in [1.807, 2.05) is 36.3 Å². The maximum Gasteiger partial charge on any atom is 0.244 e. The summed E-state index contributed by atoms with van der Waals surface area (Å²) in [6.07, 6.45) is 5.99. The smallest absolute Gasteiger partial charge is 0.244 e. The number of nitrogens with zero attached hydrogens (tertiary/aromatic N) is 8. The minimum Gasteiger partial charge on any atom is -0.342 e. The zero-order valence-corrected chi connectivity index (χ0v) is 15.3. The maximum atomic E-state index is 4.70. The topological polar surface area (TPSA) is 77.0 Å². The molecular weight excluding hydrogens is 316 g/mol. The van der Waals surface area contributed by atoms with Gasteiger partial charge >= 0.3 is 0 Å². The molecule has 8 heteroatoms. The van der Waals surface area contributed by atoms with Crippen molar-refractivity contribution in [3.8, 4) is 0 Å². The second-order valence-corrected chi connectivity index (χ2v) is 7.02. The molecule has 132 valence electrons. The highest BCUT2D eigenvalue weighted by atomic mass is 15.4. The number of aromatic nitrogens is 7. The van der Waals surface area contributed by atoms with Crippen LogP contribution in [0.3, 0.4) is 0 Å². The van der Waals surface area contributed by atoms with Gasteiger partial charge in [0.15, 0.2) is 11.5 Å². The molecule has 0 aromatic carbocycles. The molecule has 25 heavy (non-hydrogen) atoms. The third-order valence-corrected chi connectivity index (χ3v) is 4.74. The molecule has 4 rings (SSSR count). The Kier molecular flexibility index (Phi) is 3.89. The largest absolute Gasteiger partial charge is 0.342 e. The van der Waals surface area contributed by atoms with Crippen LogP contribution < -0.4 is 4.90 Å². The van der Waals surface area contributed by atoms with Gasteiger partial charge in [-0.1, -0.05) is 0 Å². The van der Waals surface area contributed by atoms with Crippen LogP contribution in [0.4, 0.5) is 5.95 Å². The molecule has 0 amide bonds. The maximum absolute atomic E-state index is 4.70. The van der Waals surface area contributed by atoms with Crippen LogP contribution in [0.2, 0.25) is 0 Å². The minimum absolute atomic E-state index is 0.735. The Balaban J connectivity index is 1.48. The quantitative estimate of drug-likeness (QED) is 0.677. The molecule has 0 N–H and O–H groups in total. The summed E-state index contributed by atoms with van der Waals surface area (Å²) in [5.74, 6) is 3.40. The van der Waals surface area contributed by atoms with E-state index in [0.29, 0.717) is 0 Å². The summed E-state index contributed by atoms with van der Waals surface area (Å²) in [7, 11) is 4.02. The fourth-order valence-corrected chi connectivity index (χ4v) is 3.02. The molecule has 0 atom stereocenters. The fraction of sp³-hybridized carbons (Fsp3) is 0.588. The molecule has 0 aliphatic heterocycles. The predicted molar refractivity (Wildman–Crippen MR) is 94.7 cm³/mol. The SMILES string of the molecule is Cc1ncc(C)n2nc(CCc3nc(N(C)CC4CC4)nn3C)nc12. The molecule has 1 saturated carbocycles. The lowest BCUT2D eigenvalue weighted by molar-refractivity contribution is 0.678. The van der Waals surface area contributed by atoms with Crippen LogP contribution in [0.5, 0.6) is 0 Å². The van der Waals surface area contributed by atoms with Gasteiger partial charge in [0.25, 0.3) is 0 Å². The van der Waals surface area contributed by atoms with Gasteiger partial charge in [-0.05, 0) is 32.6 Å². The molecule has 0 unspecified atom stereocenters. The number of rotatable bonds is 6. The summed E-state index contributed by atoms with van der Waals surface area (Å²) < 4.78 is 3.73. The van der Waals surface area contributed by atoms with Crippen molar-refractivity contribution in [1.82, 2.24) is 34.3 Å². The van der Waals surface area contributed by atoms with E-state index in [-0.39, 0.29) is 0 Å². The average Bonchev–Trinajstić information content (AvgIpc) is 3.15. The van der Waals surface area contributed by atoms with Gasteiger partial charge < -0.3 is 4.90 Å². The predicted octanol–water partition coefficient (Wildman–Crippen LogP) is 1.50. The Morgan fingerprint density at radius 2 is 1.96 bits per heavy atom. The molecule has 1 fully saturated rings. The Bertz CT molecular complexity index is 866. The Labute approximate surface area is 146 Å². The third-order valence-electron chi connectivity index (χ3n) is 4.74. The lowest BCUT2D eigenvalue weighted by Crippen LogP contribution is -2.21. The van der Waals surface area contributed by atoms with Crippen molar-refractivity contribution in [2.75, 3.05) is 18.5 Å². The van der Waals surface area contributed by atoms with E-state index in [4.69, 9.17) is 4.98 Å². The van der Waals surface area contributed by atoms with Gasteiger partial charge in [0.2, 0.25) is 5.95 Å². The molecule has 3 aromatic heterocycles. The van der Waals surface area contributed by atoms with Crippen LogP contribution in [0.25, 0.3) is 5.65 Å². The molecule has 0 radical (unpaired) electrons. The Morgan fingerprint density at radius 3 is 2.68 bits per heavy atom. The van der Waals surface area contributed by atoms with Gasteiger partial charge in [-0.3, -0.25) is 9.67 Å². The van der Waals surface area contributed by atoms with Crippen LogP contribution in [-0.4, -0.2) is 47.9 Å². The van der Waals surface area contributed by atoms with E-state index >= 15 is 0 Å². The van der Waals surface area contributed by atoms with E-state index in [9.17, 15) is 0 Å². The van der Waals surface area contributed by atoms with E-state index in [1.54, 1.807) is 0 Å². The van der Waals surface area contributed by atoms with Crippen LogP contribution in [0.15, 0.2) is 6.20 Å². The molecule has 1 aliphatic rings.